The van der Waals surface area contributed by atoms with Crippen molar-refractivity contribution in [2.45, 2.75) is 0 Å². The van der Waals surface area contributed by atoms with E-state index in [0.717, 1.165) is 19.6 Å². The highest BCUT2D eigenvalue weighted by Crippen LogP contribution is 2.07. The van der Waals surface area contributed by atoms with Crippen LogP contribution in [-0.2, 0) is 10.0 Å². The Kier molecular flexibility index (Phi) is 4.50. The third kappa shape index (κ3) is 3.44. The largest absolute Gasteiger partial charge is 0.297 e. The molecule has 1 rings (SSSR count). The summed E-state index contributed by atoms with van der Waals surface area (Å²) in [6, 6.07) is 0. The van der Waals surface area contributed by atoms with Crippen LogP contribution in [0.25, 0.3) is 0 Å². The number of piperazine rings is 1. The monoisotopic (exact) mass is 230 g/mol. The van der Waals surface area contributed by atoms with E-state index in [2.05, 4.69) is 18.1 Å². The van der Waals surface area contributed by atoms with E-state index in [-0.39, 0.29) is 5.75 Å². The molecule has 0 saturated carbocycles. The Bertz CT molecular complexity index is 316. The molecule has 0 aromatic rings. The van der Waals surface area contributed by atoms with Gasteiger partial charge in [0.15, 0.2) is 0 Å². The van der Waals surface area contributed by atoms with E-state index in [1.165, 1.54) is 10.4 Å². The van der Waals surface area contributed by atoms with Crippen LogP contribution in [0.2, 0.25) is 0 Å². The Morgan fingerprint density at radius 1 is 1.07 bits per heavy atom. The molecule has 0 atom stereocenters. The van der Waals surface area contributed by atoms with Crippen LogP contribution >= 0.6 is 0 Å². The summed E-state index contributed by atoms with van der Waals surface area (Å²) in [5.41, 5.74) is 0. The Hall–Kier alpha value is -0.650. The molecule has 0 amide bonds. The lowest BCUT2D eigenvalue weighted by Gasteiger charge is -2.33. The number of sulfonamides is 1. The van der Waals surface area contributed by atoms with Gasteiger partial charge in [-0.05, 0) is 0 Å². The molecular formula is C10H18N2O2S. The molecule has 1 aliphatic heterocycles. The zero-order chi connectivity index (χ0) is 11.3. The summed E-state index contributed by atoms with van der Waals surface area (Å²) in [6.45, 7) is 10.7. The van der Waals surface area contributed by atoms with Crippen molar-refractivity contribution in [2.24, 2.45) is 0 Å². The summed E-state index contributed by atoms with van der Waals surface area (Å²) in [5, 5.41) is 0. The number of hydrogen-bond donors (Lipinski definition) is 0. The molecule has 1 aliphatic rings. The van der Waals surface area contributed by atoms with E-state index >= 15 is 0 Å². The van der Waals surface area contributed by atoms with Crippen molar-refractivity contribution in [1.29, 1.82) is 0 Å². The maximum absolute atomic E-state index is 11.7. The Balaban J connectivity index is 2.50. The normalized spacial score (nSPS) is 20.0. The van der Waals surface area contributed by atoms with E-state index in [1.807, 2.05) is 6.08 Å². The maximum atomic E-state index is 11.7. The van der Waals surface area contributed by atoms with Crippen LogP contribution in [0.3, 0.4) is 0 Å². The second-order valence-electron chi connectivity index (χ2n) is 3.56. The molecule has 86 valence electrons. The zero-order valence-electron chi connectivity index (χ0n) is 8.93. The van der Waals surface area contributed by atoms with Gasteiger partial charge in [0.1, 0.15) is 0 Å². The first kappa shape index (κ1) is 12.4. The molecular weight excluding hydrogens is 212 g/mol. The predicted molar refractivity (Wildman–Crippen MR) is 62.2 cm³/mol. The SMILES string of the molecule is C=CCN1CCN(S(=O)(=O)CC=C)CC1. The second-order valence-corrected chi connectivity index (χ2v) is 5.57. The van der Waals surface area contributed by atoms with Crippen molar-refractivity contribution in [2.75, 3.05) is 38.5 Å². The Labute approximate surface area is 91.9 Å². The van der Waals surface area contributed by atoms with Gasteiger partial charge in [-0.1, -0.05) is 12.2 Å². The molecule has 0 spiro atoms. The molecule has 1 heterocycles. The fourth-order valence-electron chi connectivity index (χ4n) is 1.63. The first-order chi connectivity index (χ1) is 7.10. The highest BCUT2D eigenvalue weighted by atomic mass is 32.2. The van der Waals surface area contributed by atoms with Crippen molar-refractivity contribution < 1.29 is 8.42 Å². The van der Waals surface area contributed by atoms with Crippen molar-refractivity contribution in [1.82, 2.24) is 9.21 Å². The molecule has 0 N–H and O–H groups in total. The molecule has 0 aliphatic carbocycles. The van der Waals surface area contributed by atoms with Gasteiger partial charge in [-0.2, -0.15) is 4.31 Å². The minimum absolute atomic E-state index is 0.0362. The Morgan fingerprint density at radius 2 is 1.67 bits per heavy atom. The van der Waals surface area contributed by atoms with E-state index < -0.39 is 10.0 Å². The summed E-state index contributed by atoms with van der Waals surface area (Å²) >= 11 is 0. The minimum atomic E-state index is -3.11. The quantitative estimate of drug-likeness (QED) is 0.638. The van der Waals surface area contributed by atoms with Gasteiger partial charge in [-0.15, -0.1) is 13.2 Å². The molecule has 1 saturated heterocycles. The lowest BCUT2D eigenvalue weighted by Crippen LogP contribution is -2.48. The molecule has 4 nitrogen and oxygen atoms in total. The zero-order valence-corrected chi connectivity index (χ0v) is 9.75. The number of hydrogen-bond acceptors (Lipinski definition) is 3. The van der Waals surface area contributed by atoms with Crippen molar-refractivity contribution in [3.05, 3.63) is 25.3 Å². The van der Waals surface area contributed by atoms with Crippen molar-refractivity contribution in [3.63, 3.8) is 0 Å². The lowest BCUT2D eigenvalue weighted by molar-refractivity contribution is 0.205. The molecule has 0 unspecified atom stereocenters. The lowest BCUT2D eigenvalue weighted by atomic mass is 10.3. The summed E-state index contributed by atoms with van der Waals surface area (Å²) in [5.74, 6) is 0.0362. The van der Waals surface area contributed by atoms with Crippen LogP contribution in [0.5, 0.6) is 0 Å². The van der Waals surface area contributed by atoms with Gasteiger partial charge in [0.2, 0.25) is 10.0 Å². The van der Waals surface area contributed by atoms with Gasteiger partial charge in [0, 0.05) is 32.7 Å². The molecule has 0 bridgehead atoms. The molecule has 1 fully saturated rings. The highest BCUT2D eigenvalue weighted by Gasteiger charge is 2.24. The number of nitrogens with zero attached hydrogens (tertiary/aromatic N) is 2. The smallest absolute Gasteiger partial charge is 0.217 e. The van der Waals surface area contributed by atoms with Crippen LogP contribution in [0, 0.1) is 0 Å². The fourth-order valence-corrected chi connectivity index (χ4v) is 2.86. The van der Waals surface area contributed by atoms with Gasteiger partial charge in [-0.3, -0.25) is 4.90 Å². The summed E-state index contributed by atoms with van der Waals surface area (Å²) in [6.07, 6.45) is 3.28. The first-order valence-electron chi connectivity index (χ1n) is 5.02. The van der Waals surface area contributed by atoms with Crippen LogP contribution < -0.4 is 0 Å². The standard InChI is InChI=1S/C10H18N2O2S/c1-3-5-11-6-8-12(9-7-11)15(13,14)10-4-2/h3-4H,1-2,5-10H2. The molecule has 15 heavy (non-hydrogen) atoms. The maximum Gasteiger partial charge on any atom is 0.217 e. The van der Waals surface area contributed by atoms with Crippen molar-refractivity contribution in [3.8, 4) is 0 Å². The van der Waals surface area contributed by atoms with Gasteiger partial charge in [0.05, 0.1) is 5.75 Å². The van der Waals surface area contributed by atoms with E-state index in [9.17, 15) is 8.42 Å². The van der Waals surface area contributed by atoms with Crippen molar-refractivity contribution >= 4 is 10.0 Å². The van der Waals surface area contributed by atoms with E-state index in [4.69, 9.17) is 0 Å². The van der Waals surface area contributed by atoms with Crippen LogP contribution in [-0.4, -0.2) is 56.1 Å². The average Bonchev–Trinajstić information content (AvgIpc) is 2.19. The van der Waals surface area contributed by atoms with Crippen LogP contribution in [0.15, 0.2) is 25.3 Å². The molecule has 5 heteroatoms. The first-order valence-corrected chi connectivity index (χ1v) is 6.63. The average molecular weight is 230 g/mol. The van der Waals surface area contributed by atoms with Crippen LogP contribution in [0.1, 0.15) is 0 Å². The highest BCUT2D eigenvalue weighted by molar-refractivity contribution is 7.89. The molecule has 0 radical (unpaired) electrons. The topological polar surface area (TPSA) is 40.6 Å². The summed E-state index contributed by atoms with van der Waals surface area (Å²) in [7, 11) is -3.11. The molecule has 0 aromatic carbocycles. The molecule has 0 aromatic heterocycles. The fraction of sp³-hybridized carbons (Fsp3) is 0.600. The summed E-state index contributed by atoms with van der Waals surface area (Å²) < 4.78 is 24.9. The van der Waals surface area contributed by atoms with Crippen LogP contribution in [0.4, 0.5) is 0 Å². The third-order valence-electron chi connectivity index (χ3n) is 2.44. The third-order valence-corrected chi connectivity index (χ3v) is 4.25. The van der Waals surface area contributed by atoms with E-state index in [0.29, 0.717) is 13.1 Å². The Morgan fingerprint density at radius 3 is 2.13 bits per heavy atom. The van der Waals surface area contributed by atoms with E-state index in [1.54, 1.807) is 0 Å². The van der Waals surface area contributed by atoms with Gasteiger partial charge in [-0.25, -0.2) is 8.42 Å². The second kappa shape index (κ2) is 5.44. The van der Waals surface area contributed by atoms with Gasteiger partial charge in [0.25, 0.3) is 0 Å². The summed E-state index contributed by atoms with van der Waals surface area (Å²) in [4.78, 5) is 2.19. The van der Waals surface area contributed by atoms with Gasteiger partial charge < -0.3 is 0 Å². The predicted octanol–water partition coefficient (Wildman–Crippen LogP) is 0.306. The van der Waals surface area contributed by atoms with Gasteiger partial charge >= 0.3 is 0 Å². The number of rotatable bonds is 5. The minimum Gasteiger partial charge on any atom is -0.297 e.